The minimum Gasteiger partial charge on any atom is -0.465 e. The van der Waals surface area contributed by atoms with Crippen LogP contribution in [0.2, 0.25) is 10.0 Å². The molecule has 0 spiro atoms. The summed E-state index contributed by atoms with van der Waals surface area (Å²) in [4.78, 5) is 12.9. The Labute approximate surface area is 127 Å². The number of rotatable bonds is 1. The molecular weight excluding hydrogens is 297 g/mol. The van der Waals surface area contributed by atoms with Crippen LogP contribution < -0.4 is 0 Å². The third kappa shape index (κ3) is 2.52. The molecule has 2 saturated heterocycles. The molecule has 2 aliphatic heterocycles. The lowest BCUT2D eigenvalue weighted by molar-refractivity contribution is 0.113. The van der Waals surface area contributed by atoms with Gasteiger partial charge in [-0.05, 0) is 43.4 Å². The molecule has 1 amide bonds. The van der Waals surface area contributed by atoms with E-state index in [2.05, 4.69) is 6.08 Å². The fraction of sp³-hybridized carbons (Fsp3) is 0.400. The van der Waals surface area contributed by atoms with E-state index in [0.717, 1.165) is 31.2 Å². The topological polar surface area (TPSA) is 40.5 Å². The quantitative estimate of drug-likeness (QED) is 0.818. The molecule has 106 valence electrons. The molecule has 0 saturated carbocycles. The van der Waals surface area contributed by atoms with E-state index in [9.17, 15) is 9.90 Å². The number of hydrogen-bond acceptors (Lipinski definition) is 1. The molecule has 5 heteroatoms. The number of piperidine rings is 1. The lowest BCUT2D eigenvalue weighted by atomic mass is 9.95. The molecule has 0 aliphatic carbocycles. The Morgan fingerprint density at radius 3 is 2.40 bits per heavy atom. The first kappa shape index (κ1) is 13.8. The molecule has 2 heterocycles. The van der Waals surface area contributed by atoms with Crippen molar-refractivity contribution in [1.82, 2.24) is 4.90 Å². The zero-order valence-corrected chi connectivity index (χ0v) is 12.4. The highest BCUT2D eigenvalue weighted by molar-refractivity contribution is 6.42. The van der Waals surface area contributed by atoms with Crippen molar-refractivity contribution in [1.29, 1.82) is 0 Å². The molecule has 0 radical (unpaired) electrons. The smallest absolute Gasteiger partial charge is 0.407 e. The van der Waals surface area contributed by atoms with Crippen LogP contribution in [0.15, 0.2) is 23.8 Å². The molecule has 2 atom stereocenters. The van der Waals surface area contributed by atoms with Crippen LogP contribution in [0.5, 0.6) is 0 Å². The lowest BCUT2D eigenvalue weighted by Crippen LogP contribution is -2.43. The van der Waals surface area contributed by atoms with Crippen LogP contribution in [0.3, 0.4) is 0 Å². The number of carboxylic acid groups (broad SMARTS) is 1. The van der Waals surface area contributed by atoms with E-state index < -0.39 is 6.09 Å². The fourth-order valence-corrected chi connectivity index (χ4v) is 3.63. The second-order valence-corrected chi connectivity index (χ2v) is 6.27. The van der Waals surface area contributed by atoms with Crippen molar-refractivity contribution in [3.05, 3.63) is 39.4 Å². The normalized spacial score (nSPS) is 24.9. The van der Waals surface area contributed by atoms with Crippen molar-refractivity contribution in [3.8, 4) is 0 Å². The minimum absolute atomic E-state index is 0.139. The summed E-state index contributed by atoms with van der Waals surface area (Å²) in [5, 5.41) is 10.3. The number of fused-ring (bicyclic) bond motifs is 2. The Morgan fingerprint density at radius 1 is 1.20 bits per heavy atom. The van der Waals surface area contributed by atoms with E-state index >= 15 is 0 Å². The van der Waals surface area contributed by atoms with Gasteiger partial charge in [0.2, 0.25) is 0 Å². The zero-order valence-electron chi connectivity index (χ0n) is 10.9. The first-order chi connectivity index (χ1) is 9.54. The van der Waals surface area contributed by atoms with Crippen molar-refractivity contribution in [2.24, 2.45) is 0 Å². The van der Waals surface area contributed by atoms with Gasteiger partial charge in [0, 0.05) is 12.1 Å². The van der Waals surface area contributed by atoms with Gasteiger partial charge in [-0.25, -0.2) is 4.79 Å². The molecule has 1 N–H and O–H groups in total. The van der Waals surface area contributed by atoms with Gasteiger partial charge in [0.05, 0.1) is 10.0 Å². The molecule has 1 aromatic rings. The predicted octanol–water partition coefficient (Wildman–Crippen LogP) is 4.68. The maximum absolute atomic E-state index is 11.2. The highest BCUT2D eigenvalue weighted by Crippen LogP contribution is 2.39. The van der Waals surface area contributed by atoms with E-state index in [-0.39, 0.29) is 12.1 Å². The van der Waals surface area contributed by atoms with Gasteiger partial charge in [-0.2, -0.15) is 0 Å². The van der Waals surface area contributed by atoms with Gasteiger partial charge < -0.3 is 10.0 Å². The van der Waals surface area contributed by atoms with E-state index in [4.69, 9.17) is 23.2 Å². The van der Waals surface area contributed by atoms with Gasteiger partial charge in [-0.15, -0.1) is 0 Å². The number of nitrogens with zero attached hydrogens (tertiary/aromatic N) is 1. The fourth-order valence-electron chi connectivity index (χ4n) is 3.32. The zero-order chi connectivity index (χ0) is 14.3. The van der Waals surface area contributed by atoms with E-state index in [1.54, 1.807) is 11.0 Å². The van der Waals surface area contributed by atoms with Gasteiger partial charge in [-0.3, -0.25) is 0 Å². The van der Waals surface area contributed by atoms with Gasteiger partial charge in [0.15, 0.2) is 0 Å². The SMILES string of the molecule is O=C(O)N1C2CCC1CC(=Cc1ccc(Cl)c(Cl)c1)C2. The molecule has 3 nitrogen and oxygen atoms in total. The standard InChI is InChI=1S/C15H15Cl2NO2/c16-13-4-1-9(8-14(13)17)5-10-6-11-2-3-12(7-10)18(11)15(19)20/h1,4-5,8,11-12H,2-3,6-7H2,(H,19,20). The molecule has 2 bridgehead atoms. The number of carbonyl (C=O) groups is 1. The summed E-state index contributed by atoms with van der Waals surface area (Å²) in [5.74, 6) is 0. The molecular formula is C15H15Cl2NO2. The Balaban J connectivity index is 1.81. The summed E-state index contributed by atoms with van der Waals surface area (Å²) in [6.45, 7) is 0. The molecule has 0 aromatic heterocycles. The first-order valence-corrected chi connectivity index (χ1v) is 7.46. The summed E-state index contributed by atoms with van der Waals surface area (Å²) in [6.07, 6.45) is 4.91. The van der Waals surface area contributed by atoms with Crippen LogP contribution in [-0.2, 0) is 0 Å². The van der Waals surface area contributed by atoms with Crippen LogP contribution in [0, 0.1) is 0 Å². The van der Waals surface area contributed by atoms with Crippen LogP contribution >= 0.6 is 23.2 Å². The summed E-state index contributed by atoms with van der Waals surface area (Å²) in [7, 11) is 0. The molecule has 2 aliphatic rings. The first-order valence-electron chi connectivity index (χ1n) is 6.70. The summed E-state index contributed by atoms with van der Waals surface area (Å²) in [5.41, 5.74) is 2.32. The Kier molecular flexibility index (Phi) is 3.65. The van der Waals surface area contributed by atoms with Crippen LogP contribution in [0.4, 0.5) is 4.79 Å². The molecule has 20 heavy (non-hydrogen) atoms. The number of hydrogen-bond donors (Lipinski definition) is 1. The van der Waals surface area contributed by atoms with Gasteiger partial charge in [0.25, 0.3) is 0 Å². The summed E-state index contributed by atoms with van der Waals surface area (Å²) >= 11 is 11.9. The number of halogens is 2. The summed E-state index contributed by atoms with van der Waals surface area (Å²) < 4.78 is 0. The molecule has 1 aromatic carbocycles. The summed E-state index contributed by atoms with van der Waals surface area (Å²) in [6, 6.07) is 5.85. The van der Waals surface area contributed by atoms with Crippen LogP contribution in [0.25, 0.3) is 6.08 Å². The highest BCUT2D eigenvalue weighted by atomic mass is 35.5. The number of amides is 1. The van der Waals surface area contributed by atoms with Gasteiger partial charge in [0.1, 0.15) is 0 Å². The van der Waals surface area contributed by atoms with Crippen molar-refractivity contribution in [2.75, 3.05) is 0 Å². The molecule has 2 fully saturated rings. The van der Waals surface area contributed by atoms with Crippen LogP contribution in [0.1, 0.15) is 31.2 Å². The average molecular weight is 312 g/mol. The van der Waals surface area contributed by atoms with Gasteiger partial charge >= 0.3 is 6.09 Å². The average Bonchev–Trinajstić information content (AvgIpc) is 2.66. The van der Waals surface area contributed by atoms with Gasteiger partial charge in [-0.1, -0.05) is 40.9 Å². The van der Waals surface area contributed by atoms with Crippen molar-refractivity contribution >= 4 is 35.4 Å². The van der Waals surface area contributed by atoms with E-state index in [1.165, 1.54) is 5.57 Å². The maximum Gasteiger partial charge on any atom is 0.407 e. The Hall–Kier alpha value is -1.19. The highest BCUT2D eigenvalue weighted by Gasteiger charge is 2.41. The monoisotopic (exact) mass is 311 g/mol. The Morgan fingerprint density at radius 2 is 1.85 bits per heavy atom. The third-order valence-corrected chi connectivity index (χ3v) is 4.89. The predicted molar refractivity (Wildman–Crippen MR) is 80.3 cm³/mol. The van der Waals surface area contributed by atoms with Crippen molar-refractivity contribution in [3.63, 3.8) is 0 Å². The second kappa shape index (κ2) is 5.30. The lowest BCUT2D eigenvalue weighted by Gasteiger charge is -2.33. The van der Waals surface area contributed by atoms with Crippen molar-refractivity contribution in [2.45, 2.75) is 37.8 Å². The van der Waals surface area contributed by atoms with E-state index in [0.29, 0.717) is 10.0 Å². The second-order valence-electron chi connectivity index (χ2n) is 5.46. The largest absolute Gasteiger partial charge is 0.465 e. The minimum atomic E-state index is -0.786. The number of benzene rings is 1. The molecule has 2 unspecified atom stereocenters. The van der Waals surface area contributed by atoms with Crippen LogP contribution in [-0.4, -0.2) is 28.2 Å². The van der Waals surface area contributed by atoms with Crippen molar-refractivity contribution < 1.29 is 9.90 Å². The Bertz CT molecular complexity index is 569. The third-order valence-electron chi connectivity index (χ3n) is 4.15. The van der Waals surface area contributed by atoms with E-state index in [1.807, 2.05) is 12.1 Å². The maximum atomic E-state index is 11.2. The molecule has 3 rings (SSSR count).